The summed E-state index contributed by atoms with van der Waals surface area (Å²) in [6, 6.07) is 14.1. The van der Waals surface area contributed by atoms with E-state index in [4.69, 9.17) is 14.2 Å². The molecule has 0 radical (unpaired) electrons. The van der Waals surface area contributed by atoms with E-state index in [1.165, 1.54) is 48.7 Å². The summed E-state index contributed by atoms with van der Waals surface area (Å²) in [5.74, 6) is 0.879. The van der Waals surface area contributed by atoms with Crippen LogP contribution in [-0.2, 0) is 16.0 Å². The van der Waals surface area contributed by atoms with Crippen LogP contribution in [0.5, 0.6) is 5.75 Å². The normalized spacial score (nSPS) is 26.1. The van der Waals surface area contributed by atoms with E-state index in [0.29, 0.717) is 37.2 Å². The Balaban J connectivity index is 1.36. The Hall–Kier alpha value is -2.87. The minimum Gasteiger partial charge on any atom is -0.490 e. The number of hydrogen-bond donors (Lipinski definition) is 1. The lowest BCUT2D eigenvalue weighted by Gasteiger charge is -2.34. The SMILES string of the molecule is O=C(O)c1ccc2c(C3CCCCC3)c3n(c2c1)C[C@]1(COc2ccccc2-3)C[C@@H](CN2CCOCC2)CO1. The quantitative estimate of drug-likeness (QED) is 0.477. The molecule has 39 heavy (non-hydrogen) atoms. The molecule has 3 aromatic rings. The Morgan fingerprint density at radius 1 is 1.05 bits per heavy atom. The zero-order valence-corrected chi connectivity index (χ0v) is 22.6. The zero-order chi connectivity index (χ0) is 26.4. The van der Waals surface area contributed by atoms with Gasteiger partial charge in [-0.2, -0.15) is 0 Å². The maximum Gasteiger partial charge on any atom is 0.335 e. The first-order chi connectivity index (χ1) is 19.1. The summed E-state index contributed by atoms with van der Waals surface area (Å²) in [4.78, 5) is 14.5. The minimum absolute atomic E-state index is 0.330. The maximum absolute atomic E-state index is 12.1. The number of aromatic nitrogens is 1. The number of ether oxygens (including phenoxy) is 3. The summed E-state index contributed by atoms with van der Waals surface area (Å²) in [6.45, 7) is 6.41. The van der Waals surface area contributed by atoms with Gasteiger partial charge in [0.15, 0.2) is 0 Å². The first kappa shape index (κ1) is 25.1. The average Bonchev–Trinajstić information content (AvgIpc) is 3.50. The molecule has 2 saturated heterocycles. The summed E-state index contributed by atoms with van der Waals surface area (Å²) in [5, 5.41) is 11.1. The van der Waals surface area contributed by atoms with Crippen molar-refractivity contribution in [3.05, 3.63) is 53.6 Å². The molecule has 7 heteroatoms. The van der Waals surface area contributed by atoms with E-state index in [1.54, 1.807) is 6.07 Å². The van der Waals surface area contributed by atoms with Crippen molar-refractivity contribution in [1.82, 2.24) is 9.47 Å². The molecule has 4 aliphatic rings. The van der Waals surface area contributed by atoms with Gasteiger partial charge >= 0.3 is 5.97 Å². The van der Waals surface area contributed by atoms with Gasteiger partial charge in [-0.25, -0.2) is 4.79 Å². The number of carbonyl (C=O) groups is 1. The van der Waals surface area contributed by atoms with E-state index in [9.17, 15) is 9.90 Å². The van der Waals surface area contributed by atoms with Gasteiger partial charge in [-0.1, -0.05) is 37.5 Å². The molecular formula is C32H38N2O5. The Morgan fingerprint density at radius 2 is 1.87 bits per heavy atom. The van der Waals surface area contributed by atoms with Crippen molar-refractivity contribution >= 4 is 16.9 Å². The van der Waals surface area contributed by atoms with Gasteiger partial charge < -0.3 is 23.9 Å². The summed E-state index contributed by atoms with van der Waals surface area (Å²) in [6.07, 6.45) is 7.01. The highest BCUT2D eigenvalue weighted by atomic mass is 16.5. The van der Waals surface area contributed by atoms with E-state index in [-0.39, 0.29) is 0 Å². The first-order valence-electron chi connectivity index (χ1n) is 14.7. The van der Waals surface area contributed by atoms with Crippen molar-refractivity contribution in [3.8, 4) is 17.0 Å². The van der Waals surface area contributed by atoms with Crippen LogP contribution in [0.2, 0.25) is 0 Å². The maximum atomic E-state index is 12.1. The van der Waals surface area contributed by atoms with Crippen LogP contribution < -0.4 is 4.74 Å². The van der Waals surface area contributed by atoms with Crippen LogP contribution in [0.3, 0.4) is 0 Å². The van der Waals surface area contributed by atoms with Gasteiger partial charge in [0.05, 0.1) is 37.6 Å². The number of morpholine rings is 1. The van der Waals surface area contributed by atoms with Crippen molar-refractivity contribution in [1.29, 1.82) is 0 Å². The number of carboxylic acids is 1. The molecule has 0 bridgehead atoms. The van der Waals surface area contributed by atoms with Gasteiger partial charge in [-0.15, -0.1) is 0 Å². The fourth-order valence-electron chi connectivity index (χ4n) is 7.52. The first-order valence-corrected chi connectivity index (χ1v) is 14.7. The highest BCUT2D eigenvalue weighted by molar-refractivity contribution is 5.98. The second-order valence-corrected chi connectivity index (χ2v) is 12.0. The number of hydrogen-bond acceptors (Lipinski definition) is 5. The van der Waals surface area contributed by atoms with E-state index in [1.807, 2.05) is 18.2 Å². The number of fused-ring (bicyclic) bond motifs is 5. The molecule has 1 aromatic heterocycles. The third-order valence-corrected chi connectivity index (χ3v) is 9.35. The lowest BCUT2D eigenvalue weighted by atomic mass is 9.81. The van der Waals surface area contributed by atoms with Gasteiger partial charge in [0.1, 0.15) is 18.0 Å². The molecule has 3 aliphatic heterocycles. The molecule has 7 rings (SSSR count). The van der Waals surface area contributed by atoms with E-state index >= 15 is 0 Å². The predicted molar refractivity (Wildman–Crippen MR) is 150 cm³/mol. The topological polar surface area (TPSA) is 73.2 Å². The monoisotopic (exact) mass is 530 g/mol. The summed E-state index contributed by atoms with van der Waals surface area (Å²) < 4.78 is 21.3. The number of aromatic carboxylic acids is 1. The van der Waals surface area contributed by atoms with Gasteiger partial charge in [-0.05, 0) is 60.9 Å². The molecule has 4 heterocycles. The molecule has 2 atom stereocenters. The number of para-hydroxylation sites is 1. The van der Waals surface area contributed by atoms with Crippen molar-refractivity contribution in [2.24, 2.45) is 5.92 Å². The number of rotatable bonds is 4. The molecule has 1 N–H and O–H groups in total. The van der Waals surface area contributed by atoms with Crippen LogP contribution in [-0.4, -0.2) is 72.2 Å². The van der Waals surface area contributed by atoms with Crippen LogP contribution in [0.1, 0.15) is 60.4 Å². The molecule has 1 saturated carbocycles. The van der Waals surface area contributed by atoms with Crippen LogP contribution >= 0.6 is 0 Å². The largest absolute Gasteiger partial charge is 0.490 e. The fraction of sp³-hybridized carbons (Fsp3) is 0.531. The van der Waals surface area contributed by atoms with Gasteiger partial charge in [0.2, 0.25) is 0 Å². The van der Waals surface area contributed by atoms with Crippen LogP contribution in [0.4, 0.5) is 0 Å². The molecule has 2 aromatic carbocycles. The Bertz CT molecular complexity index is 1370. The van der Waals surface area contributed by atoms with Gasteiger partial charge in [0.25, 0.3) is 0 Å². The Kier molecular flexibility index (Phi) is 6.61. The Morgan fingerprint density at radius 3 is 2.69 bits per heavy atom. The van der Waals surface area contributed by atoms with E-state index in [0.717, 1.165) is 56.1 Å². The van der Waals surface area contributed by atoms with Gasteiger partial charge in [-0.3, -0.25) is 4.90 Å². The molecular weight excluding hydrogens is 492 g/mol. The molecule has 3 fully saturated rings. The second kappa shape index (κ2) is 10.3. The molecule has 206 valence electrons. The van der Waals surface area contributed by atoms with E-state index in [2.05, 4.69) is 27.7 Å². The van der Waals surface area contributed by atoms with Crippen molar-refractivity contribution in [2.75, 3.05) is 46.1 Å². The third-order valence-electron chi connectivity index (χ3n) is 9.35. The summed E-state index contributed by atoms with van der Waals surface area (Å²) in [7, 11) is 0. The van der Waals surface area contributed by atoms with Crippen LogP contribution in [0, 0.1) is 5.92 Å². The number of nitrogens with zero attached hydrogens (tertiary/aromatic N) is 2. The van der Waals surface area contributed by atoms with Crippen molar-refractivity contribution in [2.45, 2.75) is 56.6 Å². The van der Waals surface area contributed by atoms with Gasteiger partial charge in [0, 0.05) is 36.1 Å². The average molecular weight is 531 g/mol. The Labute approximate surface area is 229 Å². The van der Waals surface area contributed by atoms with Crippen LogP contribution in [0.15, 0.2) is 42.5 Å². The molecule has 0 amide bonds. The third kappa shape index (κ3) is 4.64. The molecule has 0 unspecified atom stereocenters. The zero-order valence-electron chi connectivity index (χ0n) is 22.6. The lowest BCUT2D eigenvalue weighted by molar-refractivity contribution is -0.0431. The minimum atomic E-state index is -0.890. The molecule has 7 nitrogen and oxygen atoms in total. The summed E-state index contributed by atoms with van der Waals surface area (Å²) >= 11 is 0. The standard InChI is InChI=1S/C32H38N2O5/c35-31(36)24-10-11-25-27(16-24)34-20-32(17-22(19-39-32)18-33-12-14-37-15-13-33)21-38-28-9-5-4-8-26(28)30(34)29(25)23-6-2-1-3-7-23/h4-5,8-11,16,22-23H,1-3,6-7,12-15,17-21H2,(H,35,36)/t22-,32-/m0/s1. The van der Waals surface area contributed by atoms with Crippen molar-refractivity contribution in [3.63, 3.8) is 0 Å². The number of benzene rings is 2. The van der Waals surface area contributed by atoms with Crippen LogP contribution in [0.25, 0.3) is 22.2 Å². The van der Waals surface area contributed by atoms with Crippen molar-refractivity contribution < 1.29 is 24.1 Å². The molecule has 1 spiro atoms. The van der Waals surface area contributed by atoms with E-state index < -0.39 is 11.6 Å². The second-order valence-electron chi connectivity index (χ2n) is 12.0. The summed E-state index contributed by atoms with van der Waals surface area (Å²) in [5.41, 5.74) is 4.52. The lowest BCUT2D eigenvalue weighted by Crippen LogP contribution is -2.42. The predicted octanol–water partition coefficient (Wildman–Crippen LogP) is 5.55. The highest BCUT2D eigenvalue weighted by Crippen LogP contribution is 2.48. The highest BCUT2D eigenvalue weighted by Gasteiger charge is 2.44. The number of carboxylic acid groups (broad SMARTS) is 1. The smallest absolute Gasteiger partial charge is 0.335 e. The molecule has 1 aliphatic carbocycles. The fourth-order valence-corrected chi connectivity index (χ4v) is 7.52.